The minimum atomic E-state index is 0.666. The van der Waals surface area contributed by atoms with Crippen LogP contribution in [0.1, 0.15) is 12.5 Å². The Balaban J connectivity index is 2.10. The number of nitrogens with zero attached hydrogens (tertiary/aromatic N) is 1. The first-order valence-electron chi connectivity index (χ1n) is 6.23. The standard InChI is InChI=1S/C16H17NO2/c1-3-19-16-6-4-5-13(11-16)12-17-14-7-9-15(18-2)10-8-14/h4-12H,3H2,1-2H3. The van der Waals surface area contributed by atoms with Gasteiger partial charge in [0.15, 0.2) is 0 Å². The van der Waals surface area contributed by atoms with Crippen molar-refractivity contribution in [3.63, 3.8) is 0 Å². The lowest BCUT2D eigenvalue weighted by Crippen LogP contribution is -1.91. The summed E-state index contributed by atoms with van der Waals surface area (Å²) in [6, 6.07) is 15.5. The van der Waals surface area contributed by atoms with Crippen molar-refractivity contribution in [3.05, 3.63) is 54.1 Å². The van der Waals surface area contributed by atoms with E-state index >= 15 is 0 Å². The third kappa shape index (κ3) is 3.85. The van der Waals surface area contributed by atoms with Crippen LogP contribution in [-0.2, 0) is 0 Å². The van der Waals surface area contributed by atoms with Gasteiger partial charge in [-0.05, 0) is 48.9 Å². The molecule has 0 aliphatic carbocycles. The largest absolute Gasteiger partial charge is 0.497 e. The number of ether oxygens (including phenoxy) is 2. The molecule has 98 valence electrons. The fourth-order valence-electron chi connectivity index (χ4n) is 1.67. The number of benzene rings is 2. The maximum atomic E-state index is 5.45. The Labute approximate surface area is 113 Å². The van der Waals surface area contributed by atoms with Crippen LogP contribution in [0, 0.1) is 0 Å². The molecule has 2 aromatic rings. The Kier molecular flexibility index (Phi) is 4.56. The normalized spacial score (nSPS) is 10.6. The predicted octanol–water partition coefficient (Wildman–Crippen LogP) is 3.84. The zero-order valence-corrected chi connectivity index (χ0v) is 11.2. The molecule has 3 heteroatoms. The number of aliphatic imine (C=N–C) groups is 1. The van der Waals surface area contributed by atoms with Gasteiger partial charge < -0.3 is 9.47 Å². The maximum Gasteiger partial charge on any atom is 0.119 e. The molecule has 0 fully saturated rings. The molecule has 0 amide bonds. The molecule has 0 aliphatic rings. The molecule has 0 spiro atoms. The second-order valence-electron chi connectivity index (χ2n) is 3.96. The van der Waals surface area contributed by atoms with Crippen molar-refractivity contribution >= 4 is 11.9 Å². The quantitative estimate of drug-likeness (QED) is 0.760. The highest BCUT2D eigenvalue weighted by atomic mass is 16.5. The van der Waals surface area contributed by atoms with Gasteiger partial charge in [0.25, 0.3) is 0 Å². The van der Waals surface area contributed by atoms with Gasteiger partial charge in [0.2, 0.25) is 0 Å². The summed E-state index contributed by atoms with van der Waals surface area (Å²) in [5.41, 5.74) is 1.91. The van der Waals surface area contributed by atoms with E-state index in [1.54, 1.807) is 7.11 Å². The molecule has 2 rings (SSSR count). The molecule has 3 nitrogen and oxygen atoms in total. The summed E-state index contributed by atoms with van der Waals surface area (Å²) in [4.78, 5) is 4.42. The second-order valence-corrected chi connectivity index (χ2v) is 3.96. The van der Waals surface area contributed by atoms with Crippen molar-refractivity contribution in [2.45, 2.75) is 6.92 Å². The van der Waals surface area contributed by atoms with Crippen LogP contribution in [0.2, 0.25) is 0 Å². The first kappa shape index (κ1) is 13.1. The molecule has 19 heavy (non-hydrogen) atoms. The Hall–Kier alpha value is -2.29. The lowest BCUT2D eigenvalue weighted by atomic mass is 10.2. The molecule has 0 aromatic heterocycles. The third-order valence-corrected chi connectivity index (χ3v) is 2.60. The Morgan fingerprint density at radius 2 is 1.84 bits per heavy atom. The molecule has 0 N–H and O–H groups in total. The van der Waals surface area contributed by atoms with Gasteiger partial charge in [-0.1, -0.05) is 12.1 Å². The highest BCUT2D eigenvalue weighted by Gasteiger charge is 1.94. The fourth-order valence-corrected chi connectivity index (χ4v) is 1.67. The molecule has 0 saturated heterocycles. The topological polar surface area (TPSA) is 30.8 Å². The van der Waals surface area contributed by atoms with E-state index in [9.17, 15) is 0 Å². The van der Waals surface area contributed by atoms with Crippen molar-refractivity contribution in [2.75, 3.05) is 13.7 Å². The maximum absolute atomic E-state index is 5.45. The predicted molar refractivity (Wildman–Crippen MR) is 77.9 cm³/mol. The van der Waals surface area contributed by atoms with Crippen molar-refractivity contribution < 1.29 is 9.47 Å². The van der Waals surface area contributed by atoms with Gasteiger partial charge >= 0.3 is 0 Å². The molecular weight excluding hydrogens is 238 g/mol. The molecule has 0 bridgehead atoms. The summed E-state index contributed by atoms with van der Waals surface area (Å²) < 4.78 is 10.6. The minimum absolute atomic E-state index is 0.666. The summed E-state index contributed by atoms with van der Waals surface area (Å²) in [7, 11) is 1.65. The third-order valence-electron chi connectivity index (χ3n) is 2.60. The molecule has 0 unspecified atom stereocenters. The van der Waals surface area contributed by atoms with Crippen LogP contribution in [0.25, 0.3) is 0 Å². The first-order valence-corrected chi connectivity index (χ1v) is 6.23. The summed E-state index contributed by atoms with van der Waals surface area (Å²) in [5.74, 6) is 1.69. The van der Waals surface area contributed by atoms with Gasteiger partial charge in [-0.15, -0.1) is 0 Å². The zero-order valence-electron chi connectivity index (χ0n) is 11.2. The van der Waals surface area contributed by atoms with Crippen LogP contribution < -0.4 is 9.47 Å². The minimum Gasteiger partial charge on any atom is -0.497 e. The van der Waals surface area contributed by atoms with Crippen LogP contribution in [0.5, 0.6) is 11.5 Å². The summed E-state index contributed by atoms with van der Waals surface area (Å²) in [5, 5.41) is 0. The van der Waals surface area contributed by atoms with Gasteiger partial charge in [-0.25, -0.2) is 0 Å². The molecule has 0 aliphatic heterocycles. The van der Waals surface area contributed by atoms with Crippen molar-refractivity contribution in [2.24, 2.45) is 4.99 Å². The Morgan fingerprint density at radius 1 is 1.05 bits per heavy atom. The summed E-state index contributed by atoms with van der Waals surface area (Å²) >= 11 is 0. The fraction of sp³-hybridized carbons (Fsp3) is 0.188. The number of methoxy groups -OCH3 is 1. The van der Waals surface area contributed by atoms with Crippen LogP contribution in [0.15, 0.2) is 53.5 Å². The first-order chi connectivity index (χ1) is 9.31. The molecule has 0 radical (unpaired) electrons. The van der Waals surface area contributed by atoms with Crippen molar-refractivity contribution in [1.29, 1.82) is 0 Å². The van der Waals surface area contributed by atoms with Crippen LogP contribution >= 0.6 is 0 Å². The highest BCUT2D eigenvalue weighted by molar-refractivity contribution is 5.82. The van der Waals surface area contributed by atoms with E-state index in [1.165, 1.54) is 0 Å². The van der Waals surface area contributed by atoms with E-state index in [2.05, 4.69) is 4.99 Å². The van der Waals surface area contributed by atoms with E-state index in [0.717, 1.165) is 22.7 Å². The van der Waals surface area contributed by atoms with E-state index in [1.807, 2.05) is 61.7 Å². The van der Waals surface area contributed by atoms with Crippen molar-refractivity contribution in [1.82, 2.24) is 0 Å². The molecule has 0 saturated carbocycles. The highest BCUT2D eigenvalue weighted by Crippen LogP contribution is 2.18. The van der Waals surface area contributed by atoms with E-state index < -0.39 is 0 Å². The average Bonchev–Trinajstić information content (AvgIpc) is 2.46. The average molecular weight is 255 g/mol. The number of rotatable bonds is 5. The lowest BCUT2D eigenvalue weighted by molar-refractivity contribution is 0.340. The monoisotopic (exact) mass is 255 g/mol. The van der Waals surface area contributed by atoms with Crippen LogP contribution in [-0.4, -0.2) is 19.9 Å². The zero-order chi connectivity index (χ0) is 13.5. The lowest BCUT2D eigenvalue weighted by Gasteiger charge is -2.03. The van der Waals surface area contributed by atoms with Gasteiger partial charge in [0, 0.05) is 6.21 Å². The van der Waals surface area contributed by atoms with E-state index in [0.29, 0.717) is 6.61 Å². The number of hydrogen-bond acceptors (Lipinski definition) is 3. The Bertz CT molecular complexity index is 547. The Morgan fingerprint density at radius 3 is 2.53 bits per heavy atom. The summed E-state index contributed by atoms with van der Waals surface area (Å²) in [6.45, 7) is 2.64. The van der Waals surface area contributed by atoms with Gasteiger partial charge in [0.05, 0.1) is 19.4 Å². The van der Waals surface area contributed by atoms with Gasteiger partial charge in [-0.3, -0.25) is 4.99 Å². The van der Waals surface area contributed by atoms with Crippen molar-refractivity contribution in [3.8, 4) is 11.5 Å². The molecule has 0 atom stereocenters. The molecular formula is C16H17NO2. The van der Waals surface area contributed by atoms with E-state index in [-0.39, 0.29) is 0 Å². The molecule has 2 aromatic carbocycles. The SMILES string of the molecule is CCOc1cccc(C=Nc2ccc(OC)cc2)c1. The summed E-state index contributed by atoms with van der Waals surface area (Å²) in [6.07, 6.45) is 1.82. The smallest absolute Gasteiger partial charge is 0.119 e. The van der Waals surface area contributed by atoms with Crippen LogP contribution in [0.3, 0.4) is 0 Å². The second kappa shape index (κ2) is 6.59. The van der Waals surface area contributed by atoms with Gasteiger partial charge in [-0.2, -0.15) is 0 Å². The van der Waals surface area contributed by atoms with Crippen LogP contribution in [0.4, 0.5) is 5.69 Å². The van der Waals surface area contributed by atoms with Gasteiger partial charge in [0.1, 0.15) is 11.5 Å². The van der Waals surface area contributed by atoms with E-state index in [4.69, 9.17) is 9.47 Å². The number of hydrogen-bond donors (Lipinski definition) is 0. The molecule has 0 heterocycles.